The van der Waals surface area contributed by atoms with E-state index < -0.39 is 10.0 Å². The van der Waals surface area contributed by atoms with Crippen molar-refractivity contribution < 1.29 is 8.42 Å². The second-order valence-electron chi connectivity index (χ2n) is 5.79. The largest absolute Gasteiger partial charge is 0.348 e. The number of piperidine rings is 1. The van der Waals surface area contributed by atoms with Crippen molar-refractivity contribution in [1.29, 1.82) is 0 Å². The van der Waals surface area contributed by atoms with Crippen molar-refractivity contribution >= 4 is 26.5 Å². The summed E-state index contributed by atoms with van der Waals surface area (Å²) < 4.78 is 23.2. The van der Waals surface area contributed by atoms with Crippen LogP contribution >= 0.6 is 11.3 Å². The third-order valence-corrected chi connectivity index (χ3v) is 7.10. The minimum Gasteiger partial charge on any atom is -0.348 e. The molecule has 1 aromatic heterocycles. The van der Waals surface area contributed by atoms with E-state index in [0.717, 1.165) is 18.0 Å². The normalized spacial score (nSPS) is 29.6. The van der Waals surface area contributed by atoms with Crippen LogP contribution in [-0.2, 0) is 10.0 Å². The summed E-state index contributed by atoms with van der Waals surface area (Å²) in [5, 5.41) is 9.57. The number of primary sulfonamides is 1. The maximum atomic E-state index is 11.5. The highest BCUT2D eigenvalue weighted by Crippen LogP contribution is 2.34. The van der Waals surface area contributed by atoms with E-state index in [1.807, 2.05) is 7.05 Å². The van der Waals surface area contributed by atoms with Crippen molar-refractivity contribution in [3.05, 3.63) is 5.69 Å². The van der Waals surface area contributed by atoms with Gasteiger partial charge in [0, 0.05) is 25.2 Å². The molecule has 2 fully saturated rings. The Morgan fingerprint density at radius 1 is 1.35 bits per heavy atom. The second kappa shape index (κ2) is 4.94. The van der Waals surface area contributed by atoms with E-state index in [1.54, 1.807) is 6.92 Å². The number of sulfonamides is 1. The molecule has 20 heavy (non-hydrogen) atoms. The number of hydrogen-bond donors (Lipinski definition) is 2. The fourth-order valence-corrected chi connectivity index (χ4v) is 5.26. The average molecular weight is 316 g/mol. The van der Waals surface area contributed by atoms with E-state index in [9.17, 15) is 8.42 Å². The first-order valence-corrected chi connectivity index (χ1v) is 9.20. The molecule has 0 aliphatic carbocycles. The molecule has 3 heterocycles. The number of nitrogens with two attached hydrogens (primary N) is 1. The molecule has 3 rings (SSSR count). The van der Waals surface area contributed by atoms with Gasteiger partial charge in [0.1, 0.15) is 0 Å². The summed E-state index contributed by atoms with van der Waals surface area (Å²) in [6.45, 7) is 1.69. The molecule has 6 nitrogen and oxygen atoms in total. The van der Waals surface area contributed by atoms with E-state index in [-0.39, 0.29) is 4.21 Å². The highest BCUT2D eigenvalue weighted by molar-refractivity contribution is 7.91. The van der Waals surface area contributed by atoms with Gasteiger partial charge in [-0.3, -0.25) is 0 Å². The van der Waals surface area contributed by atoms with Crippen LogP contribution in [0.3, 0.4) is 0 Å². The Hall–Kier alpha value is -0.700. The van der Waals surface area contributed by atoms with Gasteiger partial charge in [0.05, 0.1) is 5.69 Å². The Balaban J connectivity index is 1.82. The summed E-state index contributed by atoms with van der Waals surface area (Å²) in [7, 11) is -1.67. The van der Waals surface area contributed by atoms with Gasteiger partial charge in [-0.15, -0.1) is 0 Å². The van der Waals surface area contributed by atoms with Crippen LogP contribution in [0.25, 0.3) is 0 Å². The number of aromatic nitrogens is 1. The minimum absolute atomic E-state index is 0.177. The summed E-state index contributed by atoms with van der Waals surface area (Å²) in [6, 6.07) is 1.62. The minimum atomic E-state index is -3.67. The molecule has 8 heteroatoms. The Morgan fingerprint density at radius 2 is 1.95 bits per heavy atom. The molecular weight excluding hydrogens is 296 g/mol. The van der Waals surface area contributed by atoms with Crippen LogP contribution in [0.5, 0.6) is 0 Å². The van der Waals surface area contributed by atoms with Gasteiger partial charge in [-0.1, -0.05) is 11.3 Å². The number of nitrogens with one attached hydrogen (secondary N) is 1. The molecule has 2 unspecified atom stereocenters. The van der Waals surface area contributed by atoms with Crippen molar-refractivity contribution in [3.63, 3.8) is 0 Å². The number of aryl methyl sites for hydroxylation is 1. The monoisotopic (exact) mass is 316 g/mol. The topological polar surface area (TPSA) is 88.3 Å². The first-order valence-electron chi connectivity index (χ1n) is 6.83. The molecular formula is C12H20N4O2S2. The summed E-state index contributed by atoms with van der Waals surface area (Å²) in [5.41, 5.74) is 0.497. The molecule has 0 radical (unpaired) electrons. The van der Waals surface area contributed by atoms with E-state index in [0.29, 0.717) is 23.8 Å². The molecule has 0 spiro atoms. The van der Waals surface area contributed by atoms with Crippen molar-refractivity contribution in [2.24, 2.45) is 5.14 Å². The molecule has 3 N–H and O–H groups in total. The van der Waals surface area contributed by atoms with Crippen molar-refractivity contribution in [3.8, 4) is 0 Å². The molecule has 1 aromatic rings. The molecule has 2 bridgehead atoms. The molecule has 0 amide bonds. The molecule has 2 atom stereocenters. The second-order valence-corrected chi connectivity index (χ2v) is 8.52. The standard InChI is InChI=1S/C12H20N4O2S2/c1-7-11(20(13,17)18)19-12(14-7)16(2)10-5-8-3-4-9(6-10)15-8/h8-10,15H,3-6H2,1-2H3,(H2,13,17,18). The number of rotatable bonds is 3. The lowest BCUT2D eigenvalue weighted by molar-refractivity contribution is 0.354. The van der Waals surface area contributed by atoms with Gasteiger partial charge in [-0.05, 0) is 32.6 Å². The smallest absolute Gasteiger partial charge is 0.249 e. The zero-order chi connectivity index (χ0) is 14.5. The van der Waals surface area contributed by atoms with E-state index in [2.05, 4.69) is 15.2 Å². The third-order valence-electron chi connectivity index (χ3n) is 4.30. The van der Waals surface area contributed by atoms with Crippen molar-refractivity contribution in [2.75, 3.05) is 11.9 Å². The Morgan fingerprint density at radius 3 is 2.45 bits per heavy atom. The van der Waals surface area contributed by atoms with Crippen LogP contribution in [0.1, 0.15) is 31.4 Å². The summed E-state index contributed by atoms with van der Waals surface area (Å²) >= 11 is 1.17. The predicted molar refractivity (Wildman–Crippen MR) is 79.6 cm³/mol. The fraction of sp³-hybridized carbons (Fsp3) is 0.750. The van der Waals surface area contributed by atoms with Gasteiger partial charge >= 0.3 is 0 Å². The van der Waals surface area contributed by atoms with Gasteiger partial charge in [-0.2, -0.15) is 0 Å². The number of fused-ring (bicyclic) bond motifs is 2. The van der Waals surface area contributed by atoms with Gasteiger partial charge in [0.15, 0.2) is 9.34 Å². The van der Waals surface area contributed by atoms with E-state index in [4.69, 9.17) is 5.14 Å². The lowest BCUT2D eigenvalue weighted by Gasteiger charge is -2.35. The summed E-state index contributed by atoms with van der Waals surface area (Å²) in [6.07, 6.45) is 4.68. The molecule has 2 aliphatic rings. The SMILES string of the molecule is Cc1nc(N(C)C2CC3CCC(C2)N3)sc1S(N)(=O)=O. The van der Waals surface area contributed by atoms with E-state index in [1.165, 1.54) is 24.2 Å². The first kappa shape index (κ1) is 14.2. The number of nitrogens with zero attached hydrogens (tertiary/aromatic N) is 2. The van der Waals surface area contributed by atoms with Crippen LogP contribution in [0.4, 0.5) is 5.13 Å². The van der Waals surface area contributed by atoms with Crippen LogP contribution < -0.4 is 15.4 Å². The quantitative estimate of drug-likeness (QED) is 0.862. The van der Waals surface area contributed by atoms with Crippen LogP contribution in [-0.4, -0.2) is 38.6 Å². The molecule has 0 aromatic carbocycles. The number of thiazole rings is 1. The molecule has 2 aliphatic heterocycles. The zero-order valence-electron chi connectivity index (χ0n) is 11.7. The summed E-state index contributed by atoms with van der Waals surface area (Å²) in [5.74, 6) is 0. The Bertz CT molecular complexity index is 601. The lowest BCUT2D eigenvalue weighted by Crippen LogP contribution is -2.47. The third kappa shape index (κ3) is 2.57. The fourth-order valence-electron chi connectivity index (χ4n) is 3.28. The van der Waals surface area contributed by atoms with Crippen molar-refractivity contribution in [1.82, 2.24) is 10.3 Å². The molecule has 0 saturated carbocycles. The van der Waals surface area contributed by atoms with Crippen LogP contribution in [0, 0.1) is 6.92 Å². The van der Waals surface area contributed by atoms with Crippen LogP contribution in [0.15, 0.2) is 4.21 Å². The van der Waals surface area contributed by atoms with E-state index >= 15 is 0 Å². The van der Waals surface area contributed by atoms with Gasteiger partial charge < -0.3 is 10.2 Å². The molecule has 2 saturated heterocycles. The number of anilines is 1. The van der Waals surface area contributed by atoms with Gasteiger partial charge in [0.2, 0.25) is 10.0 Å². The average Bonchev–Trinajstić information content (AvgIpc) is 2.91. The summed E-state index contributed by atoms with van der Waals surface area (Å²) in [4.78, 5) is 6.51. The zero-order valence-corrected chi connectivity index (χ0v) is 13.3. The maximum absolute atomic E-state index is 11.5. The first-order chi connectivity index (χ1) is 9.34. The van der Waals surface area contributed by atoms with Gasteiger partial charge in [0.25, 0.3) is 0 Å². The Labute approximate surface area is 123 Å². The number of hydrogen-bond acceptors (Lipinski definition) is 6. The maximum Gasteiger partial charge on any atom is 0.249 e. The highest BCUT2D eigenvalue weighted by atomic mass is 32.2. The predicted octanol–water partition coefficient (Wildman–Crippen LogP) is 0.818. The highest BCUT2D eigenvalue weighted by Gasteiger charge is 2.36. The van der Waals surface area contributed by atoms with Crippen molar-refractivity contribution in [2.45, 2.75) is 54.9 Å². The lowest BCUT2D eigenvalue weighted by atomic mass is 9.99. The van der Waals surface area contributed by atoms with Gasteiger partial charge in [-0.25, -0.2) is 18.5 Å². The Kier molecular flexibility index (Phi) is 3.52. The van der Waals surface area contributed by atoms with Crippen LogP contribution in [0.2, 0.25) is 0 Å². The molecule has 112 valence electrons.